The molecule has 9 heavy (non-hydrogen) atoms. The van der Waals surface area contributed by atoms with Gasteiger partial charge in [-0.05, 0) is 12.1 Å². The fourth-order valence-electron chi connectivity index (χ4n) is 0.557. The van der Waals surface area contributed by atoms with Crippen LogP contribution in [0.4, 0.5) is 0 Å². The van der Waals surface area contributed by atoms with E-state index in [9.17, 15) is 0 Å². The second kappa shape index (κ2) is 4.67. The molecule has 48 valence electrons. The van der Waals surface area contributed by atoms with Crippen molar-refractivity contribution in [3.05, 3.63) is 30.3 Å². The van der Waals surface area contributed by atoms with Crippen molar-refractivity contribution in [3.8, 4) is 5.75 Å². The molecule has 0 aromatic heterocycles. The number of ether oxygens (including phenoxy) is 1. The summed E-state index contributed by atoms with van der Waals surface area (Å²) in [5.41, 5.74) is 0. The Bertz CT molecular complexity index is 150. The average molecular weight is 229 g/mol. The van der Waals surface area contributed by atoms with Gasteiger partial charge in [0.2, 0.25) is 0 Å². The summed E-state index contributed by atoms with van der Waals surface area (Å²) in [5.74, 6) is 0.910. The Morgan fingerprint density at radius 1 is 1.11 bits per heavy atom. The Hall–Kier alpha value is -0.181. The van der Waals surface area contributed by atoms with Crippen molar-refractivity contribution in [1.29, 1.82) is 0 Å². The molecule has 0 heterocycles. The Labute approximate surface area is 72.0 Å². The average Bonchev–Trinajstić information content (AvgIpc) is 1.90. The normalized spacial score (nSPS) is 7.67. The van der Waals surface area contributed by atoms with Gasteiger partial charge >= 0.3 is 23.9 Å². The molecule has 1 nitrogen and oxygen atoms in total. The van der Waals surface area contributed by atoms with Crippen LogP contribution in [0.2, 0.25) is 0 Å². The minimum atomic E-state index is 0. The van der Waals surface area contributed by atoms with Crippen LogP contribution in [0.25, 0.3) is 0 Å². The van der Waals surface area contributed by atoms with Gasteiger partial charge in [-0.2, -0.15) is 0 Å². The van der Waals surface area contributed by atoms with Crippen molar-refractivity contribution in [2.75, 3.05) is 7.11 Å². The third-order valence-electron chi connectivity index (χ3n) is 0.979. The molecule has 2 radical (unpaired) electrons. The molecule has 1 rings (SSSR count). The van der Waals surface area contributed by atoms with Crippen LogP contribution < -0.4 is 4.74 Å². The number of hydrogen-bond donors (Lipinski definition) is 0. The molecule has 0 saturated heterocycles. The molecule has 0 atom stereocenters. The van der Waals surface area contributed by atoms with Crippen molar-refractivity contribution >= 4 is 23.9 Å². The van der Waals surface area contributed by atoms with Gasteiger partial charge in [-0.25, -0.2) is 0 Å². The molecule has 0 spiro atoms. The van der Waals surface area contributed by atoms with E-state index in [4.69, 9.17) is 4.74 Å². The number of benzene rings is 1. The molecule has 0 aliphatic carbocycles. The zero-order chi connectivity index (χ0) is 5.82. The molecule has 0 unspecified atom stereocenters. The predicted octanol–water partition coefficient (Wildman–Crippen LogP) is 0.779. The van der Waals surface area contributed by atoms with Crippen molar-refractivity contribution in [2.45, 2.75) is 0 Å². The van der Waals surface area contributed by atoms with E-state index in [1.807, 2.05) is 30.3 Å². The zero-order valence-electron chi connectivity index (χ0n) is 5.50. The van der Waals surface area contributed by atoms with Crippen molar-refractivity contribution in [3.63, 3.8) is 0 Å². The van der Waals surface area contributed by atoms with Gasteiger partial charge in [0.1, 0.15) is 5.75 Å². The van der Waals surface area contributed by atoms with Crippen LogP contribution in [0.1, 0.15) is 0 Å². The summed E-state index contributed by atoms with van der Waals surface area (Å²) in [6.45, 7) is 0. The predicted molar refractivity (Wildman–Crippen MR) is 41.5 cm³/mol. The molecule has 0 amide bonds. The van der Waals surface area contributed by atoms with Gasteiger partial charge in [-0.1, -0.05) is 18.2 Å². The van der Waals surface area contributed by atoms with Gasteiger partial charge in [-0.3, -0.25) is 0 Å². The maximum atomic E-state index is 4.91. The van der Waals surface area contributed by atoms with E-state index in [1.165, 1.54) is 0 Å². The quantitative estimate of drug-likeness (QED) is 0.646. The Morgan fingerprint density at radius 2 is 1.67 bits per heavy atom. The van der Waals surface area contributed by atoms with Crippen LogP contribution in [0.3, 0.4) is 0 Å². The van der Waals surface area contributed by atoms with Crippen LogP contribution >= 0.6 is 0 Å². The summed E-state index contributed by atoms with van der Waals surface area (Å²) in [4.78, 5) is 0. The number of para-hydroxylation sites is 1. The maximum absolute atomic E-state index is 4.91. The third kappa shape index (κ3) is 2.75. The molecule has 0 saturated carbocycles. The fraction of sp³-hybridized carbons (Fsp3) is 0.143. The van der Waals surface area contributed by atoms with Gasteiger partial charge < -0.3 is 4.74 Å². The van der Waals surface area contributed by atoms with Crippen molar-refractivity contribution in [2.24, 2.45) is 0 Å². The first-order valence-electron chi connectivity index (χ1n) is 2.52. The van der Waals surface area contributed by atoms with E-state index in [0.717, 1.165) is 5.75 Å². The van der Waals surface area contributed by atoms with E-state index in [-0.39, 0.29) is 23.9 Å². The summed E-state index contributed by atoms with van der Waals surface area (Å²) < 4.78 is 4.91. The topological polar surface area (TPSA) is 9.23 Å². The van der Waals surface area contributed by atoms with Crippen LogP contribution in [0.5, 0.6) is 5.75 Å². The molecule has 0 fully saturated rings. The molecule has 0 aliphatic rings. The summed E-state index contributed by atoms with van der Waals surface area (Å²) in [5, 5.41) is 0. The molecule has 2 heteroatoms. The van der Waals surface area contributed by atoms with Crippen LogP contribution in [0, 0.1) is 0 Å². The second-order valence-corrected chi connectivity index (χ2v) is 1.52. The van der Waals surface area contributed by atoms with E-state index in [1.54, 1.807) is 7.11 Å². The van der Waals surface area contributed by atoms with Gasteiger partial charge in [0.25, 0.3) is 0 Å². The van der Waals surface area contributed by atoms with Crippen molar-refractivity contribution in [1.82, 2.24) is 0 Å². The second-order valence-electron chi connectivity index (χ2n) is 1.52. The summed E-state index contributed by atoms with van der Waals surface area (Å²) >= 11 is 0. The zero-order valence-corrected chi connectivity index (χ0v) is 9.54. The third-order valence-corrected chi connectivity index (χ3v) is 0.979. The van der Waals surface area contributed by atoms with Crippen molar-refractivity contribution < 1.29 is 4.74 Å². The van der Waals surface area contributed by atoms with E-state index in [0.29, 0.717) is 0 Å². The monoisotopic (exact) mass is 230 g/mol. The Kier molecular flexibility index (Phi) is 4.58. The van der Waals surface area contributed by atoms with Crippen LogP contribution in [-0.2, 0) is 0 Å². The summed E-state index contributed by atoms with van der Waals surface area (Å²) in [6.07, 6.45) is 0. The molecule has 0 bridgehead atoms. The molecular formula is C7H10OSn. The SMILES string of the molecule is COc1ccccc1.[SnH2]. The van der Waals surface area contributed by atoms with Gasteiger partial charge in [-0.15, -0.1) is 0 Å². The molecule has 0 N–H and O–H groups in total. The van der Waals surface area contributed by atoms with Gasteiger partial charge in [0.15, 0.2) is 0 Å². The van der Waals surface area contributed by atoms with Gasteiger partial charge in [0, 0.05) is 0 Å². The fourth-order valence-corrected chi connectivity index (χ4v) is 0.557. The van der Waals surface area contributed by atoms with E-state index >= 15 is 0 Å². The Balaban J connectivity index is 0.000000640. The Morgan fingerprint density at radius 3 is 2.00 bits per heavy atom. The first kappa shape index (κ1) is 8.82. The minimum absolute atomic E-state index is 0. The van der Waals surface area contributed by atoms with E-state index < -0.39 is 0 Å². The molecule has 1 aromatic carbocycles. The molecule has 1 aromatic rings. The summed E-state index contributed by atoms with van der Waals surface area (Å²) in [6, 6.07) is 9.68. The summed E-state index contributed by atoms with van der Waals surface area (Å²) in [7, 11) is 1.66. The number of methoxy groups -OCH3 is 1. The first-order chi connectivity index (χ1) is 3.93. The first-order valence-corrected chi connectivity index (χ1v) is 2.52. The molecular weight excluding hydrogens is 219 g/mol. The number of hydrogen-bond acceptors (Lipinski definition) is 1. The van der Waals surface area contributed by atoms with E-state index in [2.05, 4.69) is 0 Å². The van der Waals surface area contributed by atoms with Crippen LogP contribution in [-0.4, -0.2) is 31.0 Å². The van der Waals surface area contributed by atoms with Crippen LogP contribution in [0.15, 0.2) is 30.3 Å². The van der Waals surface area contributed by atoms with Gasteiger partial charge in [0.05, 0.1) is 7.11 Å². The standard InChI is InChI=1S/C7H8O.Sn.2H/c1-8-7-5-3-2-4-6-7;;;/h2-6H,1H3;;;. The number of rotatable bonds is 1. The molecule has 0 aliphatic heterocycles.